The van der Waals surface area contributed by atoms with E-state index in [4.69, 9.17) is 11.6 Å². The van der Waals surface area contributed by atoms with Gasteiger partial charge in [-0.15, -0.1) is 0 Å². The van der Waals surface area contributed by atoms with Crippen LogP contribution in [0.3, 0.4) is 0 Å². The molecule has 1 aromatic rings. The third kappa shape index (κ3) is 1.46. The highest BCUT2D eigenvalue weighted by Crippen LogP contribution is 2.37. The summed E-state index contributed by atoms with van der Waals surface area (Å²) in [5.41, 5.74) is 10.5. The Morgan fingerprint density at radius 3 is 2.64 bits per heavy atom. The average Bonchev–Trinajstić information content (AvgIpc) is 2.56. The van der Waals surface area contributed by atoms with Crippen LogP contribution in [0.25, 0.3) is 0 Å². The lowest BCUT2D eigenvalue weighted by Crippen LogP contribution is -2.55. The minimum atomic E-state index is -0.376. The van der Waals surface area contributed by atoms with Crippen molar-refractivity contribution in [2.75, 3.05) is 15.5 Å². The van der Waals surface area contributed by atoms with Gasteiger partial charge in [0.1, 0.15) is 13.0 Å². The molecular weight excluding hydrogens is 246 g/mol. The molecule has 1 heterocycles. The minimum absolute atomic E-state index is 0.376. The summed E-state index contributed by atoms with van der Waals surface area (Å²) in [7, 11) is 0. The highest BCUT2D eigenvalue weighted by molar-refractivity contribution is 9.10. The molecule has 1 aliphatic heterocycles. The Kier molecular flexibility index (Phi) is 2.60. The number of anilines is 2. The maximum absolute atomic E-state index is 5.80. The van der Waals surface area contributed by atoms with Gasteiger partial charge >= 0.3 is 0 Å². The third-order valence-electron chi connectivity index (χ3n) is 2.24. The maximum atomic E-state index is 5.80. The van der Waals surface area contributed by atoms with E-state index in [0.717, 1.165) is 11.4 Å². The lowest BCUT2D eigenvalue weighted by Gasteiger charge is -2.25. The van der Waals surface area contributed by atoms with E-state index in [1.807, 2.05) is 33.1 Å². The van der Waals surface area contributed by atoms with Gasteiger partial charge in [-0.1, -0.05) is 12.1 Å². The van der Waals surface area contributed by atoms with Gasteiger partial charge in [0.15, 0.2) is 0 Å². The fourth-order valence-corrected chi connectivity index (χ4v) is 2.07. The Bertz CT molecular complexity index is 331. The van der Waals surface area contributed by atoms with Crippen LogP contribution in [0.2, 0.25) is 0 Å². The molecule has 1 atom stereocenters. The molecule has 5 N–H and O–H groups in total. The molecule has 0 spiro atoms. The van der Waals surface area contributed by atoms with E-state index in [1.54, 1.807) is 0 Å². The van der Waals surface area contributed by atoms with Crippen molar-refractivity contribution in [2.45, 2.75) is 6.29 Å². The summed E-state index contributed by atoms with van der Waals surface area (Å²) in [5.74, 6) is 5.30. The molecule has 0 aliphatic carbocycles. The molecule has 1 aromatic carbocycles. The van der Waals surface area contributed by atoms with Crippen LogP contribution in [0.15, 0.2) is 24.3 Å². The zero-order valence-corrected chi connectivity index (χ0v) is 9.11. The number of hydrazine groups is 1. The number of nitrogens with zero attached hydrogens (tertiary/aromatic N) is 2. The topological polar surface area (TPSA) is 70.5 Å². The van der Waals surface area contributed by atoms with Crippen molar-refractivity contribution in [3.63, 3.8) is 0 Å². The first-order chi connectivity index (χ1) is 6.74. The van der Waals surface area contributed by atoms with E-state index in [2.05, 4.69) is 21.6 Å². The van der Waals surface area contributed by atoms with Crippen LogP contribution in [0.4, 0.5) is 11.4 Å². The van der Waals surface area contributed by atoms with Gasteiger partial charge in [0, 0.05) is 0 Å². The number of benzene rings is 1. The van der Waals surface area contributed by atoms with Crippen LogP contribution in [0.1, 0.15) is 0 Å². The van der Waals surface area contributed by atoms with E-state index in [1.165, 1.54) is 0 Å². The summed E-state index contributed by atoms with van der Waals surface area (Å²) in [6.07, 6.45) is -0.376. The molecule has 0 amide bonds. The Morgan fingerprint density at radius 2 is 2.00 bits per heavy atom. The third-order valence-corrected chi connectivity index (χ3v) is 2.84. The van der Waals surface area contributed by atoms with E-state index in [0.29, 0.717) is 6.67 Å². The molecule has 76 valence electrons. The van der Waals surface area contributed by atoms with E-state index in [9.17, 15) is 0 Å². The van der Waals surface area contributed by atoms with Gasteiger partial charge < -0.3 is 4.90 Å². The second kappa shape index (κ2) is 3.74. The molecule has 0 fully saturated rings. The SMILES string of the molecule is NNC(N)N1CN(Br)c2ccccc21. The van der Waals surface area contributed by atoms with Gasteiger partial charge in [0.05, 0.1) is 27.5 Å². The second-order valence-corrected chi connectivity index (χ2v) is 3.93. The molecule has 2 rings (SSSR count). The van der Waals surface area contributed by atoms with E-state index < -0.39 is 0 Å². The molecule has 0 saturated heterocycles. The highest BCUT2D eigenvalue weighted by Gasteiger charge is 2.27. The number of hydrogen-bond donors (Lipinski definition) is 3. The lowest BCUT2D eigenvalue weighted by atomic mass is 10.3. The van der Waals surface area contributed by atoms with E-state index >= 15 is 0 Å². The molecule has 14 heavy (non-hydrogen) atoms. The molecule has 0 saturated carbocycles. The Balaban J connectivity index is 2.34. The monoisotopic (exact) mass is 257 g/mol. The van der Waals surface area contributed by atoms with Crippen molar-refractivity contribution in [3.8, 4) is 0 Å². The van der Waals surface area contributed by atoms with Crippen molar-refractivity contribution < 1.29 is 0 Å². The first-order valence-corrected chi connectivity index (χ1v) is 4.95. The summed E-state index contributed by atoms with van der Waals surface area (Å²) in [6, 6.07) is 7.99. The lowest BCUT2D eigenvalue weighted by molar-refractivity contribution is 0.525. The summed E-state index contributed by atoms with van der Waals surface area (Å²) >= 11 is 3.44. The average molecular weight is 258 g/mol. The predicted octanol–water partition coefficient (Wildman–Crippen LogP) is 0.286. The maximum Gasteiger partial charge on any atom is 0.146 e. The van der Waals surface area contributed by atoms with Crippen LogP contribution in [0, 0.1) is 0 Å². The zero-order chi connectivity index (χ0) is 10.1. The second-order valence-electron chi connectivity index (χ2n) is 3.07. The number of nitrogens with one attached hydrogen (secondary N) is 1. The predicted molar refractivity (Wildman–Crippen MR) is 60.5 cm³/mol. The first-order valence-electron chi connectivity index (χ1n) is 4.24. The van der Waals surface area contributed by atoms with E-state index in [-0.39, 0.29) is 6.29 Å². The Labute approximate surface area is 91.0 Å². The number of halogens is 1. The summed E-state index contributed by atoms with van der Waals surface area (Å²) < 4.78 is 1.94. The normalized spacial score (nSPS) is 17.1. The van der Waals surface area contributed by atoms with Crippen LogP contribution < -0.4 is 25.8 Å². The standard InChI is InChI=1S/C8H12BrN5/c9-14-5-13(8(10)12-11)6-3-1-2-4-7(6)14/h1-4,8,12H,5,10-11H2. The molecule has 6 heteroatoms. The zero-order valence-electron chi connectivity index (χ0n) is 7.52. The summed E-state index contributed by atoms with van der Waals surface area (Å²) in [4.78, 5) is 1.96. The van der Waals surface area contributed by atoms with Gasteiger partial charge in [-0.25, -0.2) is 5.43 Å². The highest BCUT2D eigenvalue weighted by atomic mass is 79.9. The van der Waals surface area contributed by atoms with Gasteiger partial charge in [-0.05, 0) is 12.1 Å². The van der Waals surface area contributed by atoms with Crippen LogP contribution in [0.5, 0.6) is 0 Å². The smallest absolute Gasteiger partial charge is 0.146 e. The van der Waals surface area contributed by atoms with Crippen molar-refractivity contribution in [2.24, 2.45) is 11.6 Å². The molecule has 1 aliphatic rings. The largest absolute Gasteiger partial charge is 0.322 e. The Hall–Kier alpha value is -0.820. The van der Waals surface area contributed by atoms with Crippen molar-refractivity contribution in [1.82, 2.24) is 5.43 Å². The summed E-state index contributed by atoms with van der Waals surface area (Å²) in [5, 5.41) is 0. The molecule has 5 nitrogen and oxygen atoms in total. The van der Waals surface area contributed by atoms with Crippen molar-refractivity contribution in [3.05, 3.63) is 24.3 Å². The van der Waals surface area contributed by atoms with Gasteiger partial charge in [-0.2, -0.15) is 0 Å². The number of hydrogen-bond acceptors (Lipinski definition) is 5. The Morgan fingerprint density at radius 1 is 1.36 bits per heavy atom. The van der Waals surface area contributed by atoms with Crippen molar-refractivity contribution in [1.29, 1.82) is 0 Å². The molecule has 1 unspecified atom stereocenters. The van der Waals surface area contributed by atoms with Crippen LogP contribution in [-0.4, -0.2) is 13.0 Å². The van der Waals surface area contributed by atoms with Gasteiger partial charge in [0.25, 0.3) is 0 Å². The van der Waals surface area contributed by atoms with Gasteiger partial charge in [0.2, 0.25) is 0 Å². The molecule has 0 radical (unpaired) electrons. The molecular formula is C8H12BrN5. The van der Waals surface area contributed by atoms with Crippen LogP contribution in [-0.2, 0) is 0 Å². The quantitative estimate of drug-likeness (QED) is 0.308. The number of para-hydroxylation sites is 2. The fraction of sp³-hybridized carbons (Fsp3) is 0.250. The fourth-order valence-electron chi connectivity index (χ4n) is 1.53. The number of rotatable bonds is 2. The number of fused-ring (bicyclic) bond motifs is 1. The van der Waals surface area contributed by atoms with Gasteiger partial charge in [-0.3, -0.25) is 15.5 Å². The first kappa shape index (κ1) is 9.72. The molecule has 0 aromatic heterocycles. The minimum Gasteiger partial charge on any atom is -0.322 e. The van der Waals surface area contributed by atoms with Crippen LogP contribution >= 0.6 is 16.1 Å². The molecule has 0 bridgehead atoms. The number of nitrogens with two attached hydrogens (primary N) is 2. The van der Waals surface area contributed by atoms with Crippen molar-refractivity contribution >= 4 is 27.5 Å². The summed E-state index contributed by atoms with van der Waals surface area (Å²) in [6.45, 7) is 0.671.